The zero-order chi connectivity index (χ0) is 9.40. The third-order valence-electron chi connectivity index (χ3n) is 2.35. The molecule has 0 aliphatic carbocycles. The summed E-state index contributed by atoms with van der Waals surface area (Å²) < 4.78 is 5.60. The predicted molar refractivity (Wildman–Crippen MR) is 54.4 cm³/mol. The van der Waals surface area contributed by atoms with Gasteiger partial charge in [0.2, 0.25) is 0 Å². The summed E-state index contributed by atoms with van der Waals surface area (Å²) in [6, 6.07) is 0. The van der Waals surface area contributed by atoms with E-state index in [0.717, 1.165) is 12.5 Å². The summed E-state index contributed by atoms with van der Waals surface area (Å²) >= 11 is 0. The van der Waals surface area contributed by atoms with Gasteiger partial charge in [-0.15, -0.1) is 0 Å². The molecule has 1 aliphatic rings. The molecule has 2 unspecified atom stereocenters. The van der Waals surface area contributed by atoms with Gasteiger partial charge in [0, 0.05) is 6.61 Å². The summed E-state index contributed by atoms with van der Waals surface area (Å²) in [5, 5.41) is 0. The Labute approximate surface area is 77.5 Å². The van der Waals surface area contributed by atoms with Gasteiger partial charge in [0.25, 0.3) is 0 Å². The maximum atomic E-state index is 5.60. The van der Waals surface area contributed by atoms with E-state index in [9.17, 15) is 0 Å². The van der Waals surface area contributed by atoms with Gasteiger partial charge in [-0.25, -0.2) is 0 Å². The van der Waals surface area contributed by atoms with Crippen LogP contribution in [0.5, 0.6) is 0 Å². The average Bonchev–Trinajstić information content (AvgIpc) is 2.57. The summed E-state index contributed by atoms with van der Waals surface area (Å²) in [4.78, 5) is 0. The Bertz CT molecular complexity index is 91.0. The fraction of sp³-hybridized carbons (Fsp3) is 1.00. The first-order valence-electron chi connectivity index (χ1n) is 5.48. The topological polar surface area (TPSA) is 9.23 Å². The normalized spacial score (nSPS) is 28.0. The van der Waals surface area contributed by atoms with Gasteiger partial charge < -0.3 is 4.74 Å². The lowest BCUT2D eigenvalue weighted by Crippen LogP contribution is -2.03. The third kappa shape index (κ3) is 4.10. The van der Waals surface area contributed by atoms with E-state index in [0.29, 0.717) is 6.10 Å². The molecule has 0 spiro atoms. The molecule has 0 bridgehead atoms. The van der Waals surface area contributed by atoms with Crippen molar-refractivity contribution in [1.29, 1.82) is 0 Å². The first-order chi connectivity index (χ1) is 5.86. The van der Waals surface area contributed by atoms with Crippen molar-refractivity contribution >= 4 is 0 Å². The third-order valence-corrected chi connectivity index (χ3v) is 2.35. The van der Waals surface area contributed by atoms with Crippen LogP contribution in [0.3, 0.4) is 0 Å². The molecule has 0 aromatic rings. The number of hydrogen-bond donors (Lipinski definition) is 0. The van der Waals surface area contributed by atoms with Gasteiger partial charge in [-0.05, 0) is 18.8 Å². The summed E-state index contributed by atoms with van der Waals surface area (Å²) in [6.45, 7) is 9.49. The van der Waals surface area contributed by atoms with Crippen molar-refractivity contribution in [3.8, 4) is 0 Å². The Hall–Kier alpha value is -0.0400. The molecule has 1 saturated heterocycles. The van der Waals surface area contributed by atoms with E-state index >= 15 is 0 Å². The lowest BCUT2D eigenvalue weighted by atomic mass is 10.0. The lowest BCUT2D eigenvalue weighted by Gasteiger charge is -2.05. The van der Waals surface area contributed by atoms with E-state index in [1.54, 1.807) is 0 Å². The summed E-state index contributed by atoms with van der Waals surface area (Å²) in [6.07, 6.45) is 5.72. The van der Waals surface area contributed by atoms with Gasteiger partial charge in [0.1, 0.15) is 0 Å². The van der Waals surface area contributed by atoms with E-state index < -0.39 is 0 Å². The molecular weight excluding hydrogens is 148 g/mol. The maximum absolute atomic E-state index is 5.60. The van der Waals surface area contributed by atoms with Gasteiger partial charge in [-0.3, -0.25) is 0 Å². The fourth-order valence-corrected chi connectivity index (χ4v) is 1.59. The molecule has 12 heavy (non-hydrogen) atoms. The second-order valence-corrected chi connectivity index (χ2v) is 3.25. The number of ether oxygens (including phenoxy) is 1. The van der Waals surface area contributed by atoms with Crippen molar-refractivity contribution in [2.24, 2.45) is 5.92 Å². The first-order valence-corrected chi connectivity index (χ1v) is 5.48. The maximum Gasteiger partial charge on any atom is 0.0578 e. The van der Waals surface area contributed by atoms with E-state index in [1.807, 2.05) is 13.8 Å². The monoisotopic (exact) mass is 172 g/mol. The first kappa shape index (κ1) is 12.0. The second-order valence-electron chi connectivity index (χ2n) is 3.25. The molecule has 0 aromatic heterocycles. The van der Waals surface area contributed by atoms with Crippen molar-refractivity contribution < 1.29 is 4.74 Å². The molecule has 2 atom stereocenters. The van der Waals surface area contributed by atoms with Crippen LogP contribution >= 0.6 is 0 Å². The second kappa shape index (κ2) is 7.60. The minimum atomic E-state index is 0.593. The van der Waals surface area contributed by atoms with Gasteiger partial charge >= 0.3 is 0 Å². The van der Waals surface area contributed by atoms with Gasteiger partial charge in [0.05, 0.1) is 6.10 Å². The quantitative estimate of drug-likeness (QED) is 0.631. The molecule has 0 saturated carbocycles. The van der Waals surface area contributed by atoms with Crippen LogP contribution in [0.1, 0.15) is 53.4 Å². The highest BCUT2D eigenvalue weighted by molar-refractivity contribution is 4.71. The van der Waals surface area contributed by atoms with Crippen LogP contribution in [-0.4, -0.2) is 12.7 Å². The molecule has 0 amide bonds. The molecule has 1 heterocycles. The van der Waals surface area contributed by atoms with Crippen molar-refractivity contribution in [2.75, 3.05) is 6.61 Å². The molecule has 1 heteroatoms. The highest BCUT2D eigenvalue weighted by atomic mass is 16.5. The largest absolute Gasteiger partial charge is 0.378 e. The van der Waals surface area contributed by atoms with Crippen LogP contribution in [0, 0.1) is 5.92 Å². The number of hydrogen-bond acceptors (Lipinski definition) is 1. The minimum Gasteiger partial charge on any atom is -0.378 e. The van der Waals surface area contributed by atoms with Crippen LogP contribution in [0.2, 0.25) is 0 Å². The molecule has 1 fully saturated rings. The standard InChI is InChI=1S/C9H18O.C2H6/c1-3-5-9-6-8(4-2)7-10-9;1-2/h8-9H,3-7H2,1-2H3;1-2H3. The molecule has 0 radical (unpaired) electrons. The van der Waals surface area contributed by atoms with Crippen molar-refractivity contribution in [3.63, 3.8) is 0 Å². The Morgan fingerprint density at radius 2 is 1.92 bits per heavy atom. The summed E-state index contributed by atoms with van der Waals surface area (Å²) in [5.74, 6) is 0.858. The minimum absolute atomic E-state index is 0.593. The van der Waals surface area contributed by atoms with Crippen LogP contribution in [-0.2, 0) is 4.74 Å². The predicted octanol–water partition coefficient (Wildman–Crippen LogP) is 3.63. The molecule has 0 aromatic carbocycles. The van der Waals surface area contributed by atoms with E-state index in [4.69, 9.17) is 4.74 Å². The van der Waals surface area contributed by atoms with E-state index in [-0.39, 0.29) is 0 Å². The van der Waals surface area contributed by atoms with Gasteiger partial charge in [-0.2, -0.15) is 0 Å². The van der Waals surface area contributed by atoms with Gasteiger partial charge in [0.15, 0.2) is 0 Å². The van der Waals surface area contributed by atoms with Crippen LogP contribution in [0.4, 0.5) is 0 Å². The van der Waals surface area contributed by atoms with Crippen LogP contribution in [0.25, 0.3) is 0 Å². The van der Waals surface area contributed by atoms with Crippen molar-refractivity contribution in [3.05, 3.63) is 0 Å². The zero-order valence-corrected chi connectivity index (χ0v) is 9.10. The van der Waals surface area contributed by atoms with E-state index in [1.165, 1.54) is 25.7 Å². The van der Waals surface area contributed by atoms with Crippen LogP contribution < -0.4 is 0 Å². The SMILES string of the molecule is CC.CCCC1CC(CC)CO1. The molecule has 1 nitrogen and oxygen atoms in total. The van der Waals surface area contributed by atoms with Crippen LogP contribution in [0.15, 0.2) is 0 Å². The molecule has 1 aliphatic heterocycles. The lowest BCUT2D eigenvalue weighted by molar-refractivity contribution is 0.0993. The summed E-state index contributed by atoms with van der Waals surface area (Å²) in [5.41, 5.74) is 0. The summed E-state index contributed by atoms with van der Waals surface area (Å²) in [7, 11) is 0. The smallest absolute Gasteiger partial charge is 0.0578 e. The average molecular weight is 172 g/mol. The van der Waals surface area contributed by atoms with Gasteiger partial charge in [-0.1, -0.05) is 40.5 Å². The Morgan fingerprint density at radius 3 is 2.33 bits per heavy atom. The molecular formula is C11H24O. The Balaban J connectivity index is 0.000000561. The molecule has 74 valence electrons. The Morgan fingerprint density at radius 1 is 1.25 bits per heavy atom. The molecule has 0 N–H and O–H groups in total. The molecule has 1 rings (SSSR count). The highest BCUT2D eigenvalue weighted by Gasteiger charge is 2.22. The highest BCUT2D eigenvalue weighted by Crippen LogP contribution is 2.24. The van der Waals surface area contributed by atoms with E-state index in [2.05, 4.69) is 13.8 Å². The zero-order valence-electron chi connectivity index (χ0n) is 9.10. The number of rotatable bonds is 3. The Kier molecular flexibility index (Phi) is 7.58. The fourth-order valence-electron chi connectivity index (χ4n) is 1.59. The van der Waals surface area contributed by atoms with Crippen molar-refractivity contribution in [2.45, 2.75) is 59.5 Å². The van der Waals surface area contributed by atoms with Crippen molar-refractivity contribution in [1.82, 2.24) is 0 Å².